The average Bonchev–Trinajstić information content (AvgIpc) is 3.19. The molecule has 2 atom stereocenters. The van der Waals surface area contributed by atoms with Gasteiger partial charge >= 0.3 is 6.18 Å². The van der Waals surface area contributed by atoms with Gasteiger partial charge in [0.15, 0.2) is 5.82 Å². The minimum atomic E-state index is -4.44. The van der Waals surface area contributed by atoms with E-state index in [0.29, 0.717) is 17.0 Å². The Hall–Kier alpha value is -4.03. The maximum Gasteiger partial charge on any atom is 0.416 e. The number of carbonyl (C=O) groups is 2. The Labute approximate surface area is 203 Å². The van der Waals surface area contributed by atoms with E-state index in [2.05, 4.69) is 9.97 Å². The average molecular weight is 501 g/mol. The van der Waals surface area contributed by atoms with E-state index < -0.39 is 35.7 Å². The number of aromatic nitrogens is 2. The minimum absolute atomic E-state index is 0.0320. The van der Waals surface area contributed by atoms with Crippen molar-refractivity contribution in [1.29, 1.82) is 0 Å². The van der Waals surface area contributed by atoms with Gasteiger partial charge in [0.1, 0.15) is 17.2 Å². The predicted molar refractivity (Wildman–Crippen MR) is 122 cm³/mol. The summed E-state index contributed by atoms with van der Waals surface area (Å²) in [6, 6.07) is 11.4. The number of rotatable bonds is 7. The number of alkyl halides is 3. The van der Waals surface area contributed by atoms with E-state index in [1.165, 1.54) is 18.2 Å². The van der Waals surface area contributed by atoms with Gasteiger partial charge in [-0.3, -0.25) is 14.5 Å². The minimum Gasteiger partial charge on any atom is -0.457 e. The van der Waals surface area contributed by atoms with E-state index in [9.17, 15) is 27.9 Å². The van der Waals surface area contributed by atoms with E-state index in [-0.39, 0.29) is 36.8 Å². The monoisotopic (exact) mass is 501 g/mol. The van der Waals surface area contributed by atoms with Crippen LogP contribution < -0.4 is 16.2 Å². The third kappa shape index (κ3) is 5.78. The first-order chi connectivity index (χ1) is 17.0. The van der Waals surface area contributed by atoms with Crippen molar-refractivity contribution in [1.82, 2.24) is 14.9 Å². The van der Waals surface area contributed by atoms with Crippen molar-refractivity contribution >= 4 is 11.8 Å². The number of aliphatic hydroxyl groups is 1. The lowest BCUT2D eigenvalue weighted by molar-refractivity contribution is -0.137. The van der Waals surface area contributed by atoms with Gasteiger partial charge in [-0.1, -0.05) is 0 Å². The Morgan fingerprint density at radius 3 is 2.19 bits per heavy atom. The molecule has 3 aromatic rings. The molecule has 0 unspecified atom stereocenters. The molecule has 4 rings (SSSR count). The van der Waals surface area contributed by atoms with Crippen LogP contribution in [0.4, 0.5) is 13.2 Å². The molecule has 2 heterocycles. The number of β-amino-alcohol motifs (C(OH)–C–C–N with tert-alkyl or cyclic N) is 1. The fourth-order valence-electron chi connectivity index (χ4n) is 3.91. The fraction of sp³-hybridized carbons (Fsp3) is 0.250. The van der Waals surface area contributed by atoms with Gasteiger partial charge in [-0.2, -0.15) is 13.2 Å². The Morgan fingerprint density at radius 1 is 1.03 bits per heavy atom. The van der Waals surface area contributed by atoms with Crippen LogP contribution in [0.1, 0.15) is 28.2 Å². The van der Waals surface area contributed by atoms with E-state index >= 15 is 0 Å². The molecule has 12 heteroatoms. The molecule has 9 nitrogen and oxygen atoms in total. The number of amides is 2. The first kappa shape index (κ1) is 25.1. The zero-order valence-corrected chi connectivity index (χ0v) is 18.8. The van der Waals surface area contributed by atoms with Gasteiger partial charge in [0.05, 0.1) is 23.4 Å². The molecule has 0 radical (unpaired) electrons. The van der Waals surface area contributed by atoms with Gasteiger partial charge < -0.3 is 21.3 Å². The second-order valence-corrected chi connectivity index (χ2v) is 8.32. The summed E-state index contributed by atoms with van der Waals surface area (Å²) < 4.78 is 43.8. The van der Waals surface area contributed by atoms with Crippen LogP contribution in [-0.4, -0.2) is 50.5 Å². The molecule has 1 aliphatic rings. The second-order valence-electron chi connectivity index (χ2n) is 8.32. The van der Waals surface area contributed by atoms with Crippen LogP contribution in [0.2, 0.25) is 0 Å². The highest BCUT2D eigenvalue weighted by Gasteiger charge is 2.35. The van der Waals surface area contributed by atoms with E-state index in [1.54, 1.807) is 29.2 Å². The van der Waals surface area contributed by atoms with Crippen molar-refractivity contribution in [2.75, 3.05) is 6.54 Å². The Balaban J connectivity index is 1.54. The van der Waals surface area contributed by atoms with Gasteiger partial charge in [-0.05, 0) is 61.0 Å². The van der Waals surface area contributed by atoms with Crippen LogP contribution in [0.5, 0.6) is 11.5 Å². The maximum atomic E-state index is 12.7. The molecule has 0 spiro atoms. The smallest absolute Gasteiger partial charge is 0.416 e. The summed E-state index contributed by atoms with van der Waals surface area (Å²) in [5.74, 6) is -0.561. The molecule has 36 heavy (non-hydrogen) atoms. The number of hydrogen-bond donors (Lipinski definition) is 3. The van der Waals surface area contributed by atoms with Crippen molar-refractivity contribution < 1.29 is 32.6 Å². The quantitative estimate of drug-likeness (QED) is 0.451. The molecule has 1 aromatic heterocycles. The summed E-state index contributed by atoms with van der Waals surface area (Å²) in [7, 11) is 0. The Kier molecular flexibility index (Phi) is 6.91. The first-order valence-electron chi connectivity index (χ1n) is 10.8. The van der Waals surface area contributed by atoms with Crippen LogP contribution in [0.3, 0.4) is 0 Å². The SMILES string of the molecule is NC(=O)c1cc(CN2C[C@H](O)C[C@H]2C(N)=O)nc(-c2ccc(Oc3ccc(C(F)(F)F)cc3)cc2)n1. The second kappa shape index (κ2) is 9.91. The summed E-state index contributed by atoms with van der Waals surface area (Å²) in [5.41, 5.74) is 11.0. The number of nitrogens with two attached hydrogens (primary N) is 2. The molecule has 0 saturated carbocycles. The first-order valence-corrected chi connectivity index (χ1v) is 10.8. The zero-order valence-electron chi connectivity index (χ0n) is 18.8. The van der Waals surface area contributed by atoms with Crippen LogP contribution in [0.25, 0.3) is 11.4 Å². The number of primary amides is 2. The number of likely N-dealkylation sites (tertiary alicyclic amines) is 1. The van der Waals surface area contributed by atoms with E-state index in [0.717, 1.165) is 12.1 Å². The fourth-order valence-corrected chi connectivity index (χ4v) is 3.91. The van der Waals surface area contributed by atoms with Gasteiger partial charge in [0.2, 0.25) is 5.91 Å². The molecule has 1 saturated heterocycles. The molecule has 0 aliphatic carbocycles. The highest BCUT2D eigenvalue weighted by molar-refractivity contribution is 5.91. The molecule has 1 aliphatic heterocycles. The van der Waals surface area contributed by atoms with E-state index in [4.69, 9.17) is 16.2 Å². The standard InChI is InChI=1S/C24H22F3N5O4/c25-24(26,27)14-3-7-18(8-4-14)36-17-5-1-13(2-6-17)23-30-15(9-19(31-23)21(28)34)11-32-12-16(33)10-20(32)22(29)35/h1-9,16,20,33H,10-12H2,(H2,28,34)(H2,29,35)/t16-,20+/m1/s1. The highest BCUT2D eigenvalue weighted by atomic mass is 19.4. The summed E-state index contributed by atoms with van der Waals surface area (Å²) in [4.78, 5) is 33.9. The van der Waals surface area contributed by atoms with Gasteiger partial charge in [0, 0.05) is 18.7 Å². The summed E-state index contributed by atoms with van der Waals surface area (Å²) in [5, 5.41) is 9.94. The number of benzene rings is 2. The van der Waals surface area contributed by atoms with Crippen LogP contribution >= 0.6 is 0 Å². The third-order valence-electron chi connectivity index (χ3n) is 5.64. The predicted octanol–water partition coefficient (Wildman–Crippen LogP) is 2.47. The summed E-state index contributed by atoms with van der Waals surface area (Å²) in [6.07, 6.45) is -4.94. The highest BCUT2D eigenvalue weighted by Crippen LogP contribution is 2.32. The van der Waals surface area contributed by atoms with Crippen molar-refractivity contribution in [3.05, 3.63) is 71.5 Å². The zero-order chi connectivity index (χ0) is 26.0. The van der Waals surface area contributed by atoms with Crippen molar-refractivity contribution in [3.63, 3.8) is 0 Å². The lowest BCUT2D eigenvalue weighted by Crippen LogP contribution is -2.40. The molecule has 2 aromatic carbocycles. The normalized spacial score (nSPS) is 18.2. The van der Waals surface area contributed by atoms with Crippen LogP contribution in [0.15, 0.2) is 54.6 Å². The number of halogens is 3. The molecule has 1 fully saturated rings. The van der Waals surface area contributed by atoms with E-state index in [1.807, 2.05) is 0 Å². The Bertz CT molecular complexity index is 1270. The molecule has 2 amide bonds. The van der Waals surface area contributed by atoms with Crippen LogP contribution in [0, 0.1) is 0 Å². The topological polar surface area (TPSA) is 145 Å². The van der Waals surface area contributed by atoms with Gasteiger partial charge in [-0.25, -0.2) is 9.97 Å². The number of hydrogen-bond acceptors (Lipinski definition) is 7. The lowest BCUT2D eigenvalue weighted by Gasteiger charge is -2.21. The van der Waals surface area contributed by atoms with Gasteiger partial charge in [0.25, 0.3) is 5.91 Å². The lowest BCUT2D eigenvalue weighted by atomic mass is 10.1. The molecule has 0 bridgehead atoms. The number of carbonyl (C=O) groups excluding carboxylic acids is 2. The molecule has 5 N–H and O–H groups in total. The number of aliphatic hydroxyl groups excluding tert-OH is 1. The van der Waals surface area contributed by atoms with Crippen LogP contribution in [-0.2, 0) is 17.5 Å². The number of nitrogens with zero attached hydrogens (tertiary/aromatic N) is 3. The Morgan fingerprint density at radius 2 is 1.64 bits per heavy atom. The molecule has 188 valence electrons. The van der Waals surface area contributed by atoms with Gasteiger partial charge in [-0.15, -0.1) is 0 Å². The van der Waals surface area contributed by atoms with Crippen molar-refractivity contribution in [2.45, 2.75) is 31.3 Å². The van der Waals surface area contributed by atoms with Crippen molar-refractivity contribution in [3.8, 4) is 22.9 Å². The largest absolute Gasteiger partial charge is 0.457 e. The maximum absolute atomic E-state index is 12.7. The van der Waals surface area contributed by atoms with Crippen molar-refractivity contribution in [2.24, 2.45) is 11.5 Å². The molecular formula is C24H22F3N5O4. The summed E-state index contributed by atoms with van der Waals surface area (Å²) in [6.45, 7) is 0.352. The number of ether oxygens (including phenoxy) is 1. The summed E-state index contributed by atoms with van der Waals surface area (Å²) >= 11 is 0. The molecular weight excluding hydrogens is 479 g/mol. The third-order valence-corrected chi connectivity index (χ3v) is 5.64.